The highest BCUT2D eigenvalue weighted by Gasteiger charge is 2.07. The summed E-state index contributed by atoms with van der Waals surface area (Å²) in [5.74, 6) is -0.347. The van der Waals surface area contributed by atoms with E-state index in [9.17, 15) is 14.0 Å². The first-order chi connectivity index (χ1) is 10.0. The molecule has 0 bridgehead atoms. The molecule has 0 spiro atoms. The van der Waals surface area contributed by atoms with Crippen molar-refractivity contribution in [3.8, 4) is 0 Å². The minimum atomic E-state index is -0.403. The van der Waals surface area contributed by atoms with Gasteiger partial charge in [-0.15, -0.1) is 0 Å². The van der Waals surface area contributed by atoms with Gasteiger partial charge in [0.05, 0.1) is 6.54 Å². The topological polar surface area (TPSA) is 70.0 Å². The molecule has 0 unspecified atom stereocenters. The fourth-order valence-electron chi connectivity index (χ4n) is 2.13. The normalized spacial score (nSPS) is 10.8. The minimum absolute atomic E-state index is 0.228. The Morgan fingerprint density at radius 3 is 2.71 bits per heavy atom. The Balaban J connectivity index is 2.39. The molecule has 2 aromatic rings. The summed E-state index contributed by atoms with van der Waals surface area (Å²) in [6.07, 6.45) is 1.99. The van der Waals surface area contributed by atoms with Gasteiger partial charge in [0.2, 0.25) is 0 Å². The second kappa shape index (κ2) is 6.49. The molecule has 0 aliphatic carbocycles. The molecule has 0 saturated heterocycles. The van der Waals surface area contributed by atoms with E-state index in [-0.39, 0.29) is 24.5 Å². The number of nitrogens with two attached hydrogens (primary N) is 1. The Morgan fingerprint density at radius 2 is 2.00 bits per heavy atom. The molecule has 0 atom stereocenters. The SMILES string of the molecule is Cc1ccc(F)cc1Cn1ccc(=O)n(CCCN)c1=O. The van der Waals surface area contributed by atoms with Crippen LogP contribution in [0.4, 0.5) is 4.39 Å². The number of rotatable bonds is 5. The molecule has 1 heterocycles. The second-order valence-corrected chi connectivity index (χ2v) is 4.93. The Morgan fingerprint density at radius 1 is 1.24 bits per heavy atom. The highest BCUT2D eigenvalue weighted by atomic mass is 19.1. The molecule has 6 heteroatoms. The maximum absolute atomic E-state index is 13.3. The Labute approximate surface area is 121 Å². The van der Waals surface area contributed by atoms with Gasteiger partial charge in [-0.05, 0) is 43.1 Å². The highest BCUT2D eigenvalue weighted by Crippen LogP contribution is 2.10. The van der Waals surface area contributed by atoms with Crippen LogP contribution in [0.5, 0.6) is 0 Å². The van der Waals surface area contributed by atoms with Crippen molar-refractivity contribution in [1.29, 1.82) is 0 Å². The van der Waals surface area contributed by atoms with Crippen LogP contribution in [0.15, 0.2) is 40.1 Å². The van der Waals surface area contributed by atoms with Crippen LogP contribution in [0.1, 0.15) is 17.5 Å². The van der Waals surface area contributed by atoms with Gasteiger partial charge in [-0.2, -0.15) is 0 Å². The molecule has 1 aromatic heterocycles. The average molecular weight is 291 g/mol. The van der Waals surface area contributed by atoms with Crippen LogP contribution in [-0.4, -0.2) is 15.7 Å². The van der Waals surface area contributed by atoms with Gasteiger partial charge in [0, 0.05) is 18.8 Å². The summed E-state index contributed by atoms with van der Waals surface area (Å²) in [6.45, 7) is 2.77. The van der Waals surface area contributed by atoms with E-state index < -0.39 is 5.69 Å². The van der Waals surface area contributed by atoms with Crippen molar-refractivity contribution in [2.75, 3.05) is 6.54 Å². The maximum Gasteiger partial charge on any atom is 0.331 e. The molecule has 2 N–H and O–H groups in total. The standard InChI is InChI=1S/C15H18FN3O2/c1-11-3-4-13(16)9-12(11)10-18-8-5-14(20)19(15(18)21)7-2-6-17/h3-5,8-9H,2,6-7,10,17H2,1H3. The van der Waals surface area contributed by atoms with Gasteiger partial charge in [-0.1, -0.05) is 6.07 Å². The molecule has 0 aliphatic rings. The summed E-state index contributed by atoms with van der Waals surface area (Å²) in [4.78, 5) is 24.0. The van der Waals surface area contributed by atoms with E-state index in [2.05, 4.69) is 0 Å². The summed E-state index contributed by atoms with van der Waals surface area (Å²) in [5, 5.41) is 0. The molecule has 21 heavy (non-hydrogen) atoms. The predicted molar refractivity (Wildman–Crippen MR) is 78.9 cm³/mol. The summed E-state index contributed by atoms with van der Waals surface area (Å²) in [5.41, 5.74) is 6.26. The van der Waals surface area contributed by atoms with E-state index >= 15 is 0 Å². The zero-order valence-electron chi connectivity index (χ0n) is 11.9. The third-order valence-corrected chi connectivity index (χ3v) is 3.38. The molecule has 0 aliphatic heterocycles. The van der Waals surface area contributed by atoms with Crippen molar-refractivity contribution in [2.24, 2.45) is 5.73 Å². The molecule has 0 radical (unpaired) electrons. The molecular weight excluding hydrogens is 273 g/mol. The summed E-state index contributed by atoms with van der Waals surface area (Å²) in [7, 11) is 0. The lowest BCUT2D eigenvalue weighted by atomic mass is 10.1. The summed E-state index contributed by atoms with van der Waals surface area (Å²) >= 11 is 0. The van der Waals surface area contributed by atoms with Crippen LogP contribution in [0, 0.1) is 12.7 Å². The van der Waals surface area contributed by atoms with Gasteiger partial charge in [0.25, 0.3) is 5.56 Å². The Hall–Kier alpha value is -2.21. The zero-order chi connectivity index (χ0) is 15.4. The predicted octanol–water partition coefficient (Wildman–Crippen LogP) is 0.855. The fraction of sp³-hybridized carbons (Fsp3) is 0.333. The lowest BCUT2D eigenvalue weighted by molar-refractivity contribution is 0.552. The number of aromatic nitrogens is 2. The molecule has 112 valence electrons. The van der Waals surface area contributed by atoms with Gasteiger partial charge in [-0.25, -0.2) is 9.18 Å². The number of benzene rings is 1. The van der Waals surface area contributed by atoms with E-state index in [1.807, 2.05) is 6.92 Å². The number of hydrogen-bond acceptors (Lipinski definition) is 3. The smallest absolute Gasteiger partial charge is 0.330 e. The lowest BCUT2D eigenvalue weighted by Crippen LogP contribution is -2.39. The van der Waals surface area contributed by atoms with Crippen LogP contribution >= 0.6 is 0 Å². The van der Waals surface area contributed by atoms with Crippen molar-refractivity contribution in [3.05, 3.63) is 68.2 Å². The first kappa shape index (κ1) is 15.2. The largest absolute Gasteiger partial charge is 0.331 e. The van der Waals surface area contributed by atoms with Crippen LogP contribution in [0.25, 0.3) is 0 Å². The average Bonchev–Trinajstić information content (AvgIpc) is 2.46. The molecule has 0 saturated carbocycles. The van der Waals surface area contributed by atoms with E-state index in [4.69, 9.17) is 5.73 Å². The number of halogens is 1. The van der Waals surface area contributed by atoms with Gasteiger partial charge in [-0.3, -0.25) is 13.9 Å². The molecule has 2 rings (SSSR count). The van der Waals surface area contributed by atoms with E-state index in [1.54, 1.807) is 6.07 Å². The van der Waals surface area contributed by atoms with Crippen LogP contribution in [-0.2, 0) is 13.1 Å². The van der Waals surface area contributed by atoms with Crippen LogP contribution in [0.3, 0.4) is 0 Å². The van der Waals surface area contributed by atoms with Crippen molar-refractivity contribution in [2.45, 2.75) is 26.4 Å². The first-order valence-corrected chi connectivity index (χ1v) is 6.78. The van der Waals surface area contributed by atoms with Gasteiger partial charge in [0.1, 0.15) is 5.82 Å². The van der Waals surface area contributed by atoms with Crippen LogP contribution in [0.2, 0.25) is 0 Å². The van der Waals surface area contributed by atoms with Gasteiger partial charge in [0.15, 0.2) is 0 Å². The number of aryl methyl sites for hydroxylation is 1. The van der Waals surface area contributed by atoms with E-state index in [0.29, 0.717) is 18.5 Å². The summed E-state index contributed by atoms with van der Waals surface area (Å²) in [6, 6.07) is 5.79. The minimum Gasteiger partial charge on any atom is -0.330 e. The first-order valence-electron chi connectivity index (χ1n) is 6.78. The lowest BCUT2D eigenvalue weighted by Gasteiger charge is -2.11. The molecule has 0 fully saturated rings. The second-order valence-electron chi connectivity index (χ2n) is 4.93. The maximum atomic E-state index is 13.3. The highest BCUT2D eigenvalue weighted by molar-refractivity contribution is 5.26. The number of hydrogen-bond donors (Lipinski definition) is 1. The zero-order valence-corrected chi connectivity index (χ0v) is 11.9. The van der Waals surface area contributed by atoms with Crippen LogP contribution < -0.4 is 17.0 Å². The Kier molecular flexibility index (Phi) is 4.70. The molecule has 1 aromatic carbocycles. The van der Waals surface area contributed by atoms with E-state index in [0.717, 1.165) is 10.1 Å². The quantitative estimate of drug-likeness (QED) is 0.888. The van der Waals surface area contributed by atoms with Crippen molar-refractivity contribution in [3.63, 3.8) is 0 Å². The summed E-state index contributed by atoms with van der Waals surface area (Å²) < 4.78 is 15.9. The molecule has 5 nitrogen and oxygen atoms in total. The fourth-order valence-corrected chi connectivity index (χ4v) is 2.13. The number of nitrogens with zero attached hydrogens (tertiary/aromatic N) is 2. The monoisotopic (exact) mass is 291 g/mol. The molecular formula is C15H18FN3O2. The molecule has 0 amide bonds. The van der Waals surface area contributed by atoms with Gasteiger partial charge >= 0.3 is 5.69 Å². The van der Waals surface area contributed by atoms with Crippen molar-refractivity contribution in [1.82, 2.24) is 9.13 Å². The van der Waals surface area contributed by atoms with Crippen molar-refractivity contribution < 1.29 is 4.39 Å². The third-order valence-electron chi connectivity index (χ3n) is 3.38. The third kappa shape index (κ3) is 3.46. The van der Waals surface area contributed by atoms with Crippen molar-refractivity contribution >= 4 is 0 Å². The van der Waals surface area contributed by atoms with E-state index in [1.165, 1.54) is 29.0 Å². The Bertz CT molecular complexity index is 749. The van der Waals surface area contributed by atoms with Gasteiger partial charge < -0.3 is 5.73 Å².